The molecule has 4 aliphatic carbocycles. The molecule has 0 heterocycles. The number of hydrogen-bond acceptors (Lipinski definition) is 0. The minimum Gasteiger partial charge on any atom is -0.0499 e. The highest BCUT2D eigenvalue weighted by atomic mass is 14.7. The van der Waals surface area contributed by atoms with Gasteiger partial charge < -0.3 is 0 Å². The molecule has 0 amide bonds. The van der Waals surface area contributed by atoms with Crippen molar-refractivity contribution in [3.05, 3.63) is 0 Å². The average molecular weight is 190 g/mol. The molecule has 0 spiro atoms. The molecule has 0 heteroatoms. The number of rotatable bonds is 1. The first kappa shape index (κ1) is 8.19. The largest absolute Gasteiger partial charge is 0.0499 e. The molecule has 4 rings (SSSR count). The maximum atomic E-state index is 1.64. The molecule has 14 heavy (non-hydrogen) atoms. The normalized spacial score (nSPS) is 60.0. The van der Waals surface area contributed by atoms with Crippen LogP contribution in [0.15, 0.2) is 0 Å². The number of fused-ring (bicyclic) bond motifs is 5. The van der Waals surface area contributed by atoms with Crippen molar-refractivity contribution in [3.63, 3.8) is 0 Å². The van der Waals surface area contributed by atoms with E-state index in [1.54, 1.807) is 64.2 Å². The highest BCUT2D eigenvalue weighted by Gasteiger charge is 2.61. The molecule has 0 aromatic carbocycles. The fourth-order valence-electron chi connectivity index (χ4n) is 5.88. The van der Waals surface area contributed by atoms with E-state index in [4.69, 9.17) is 0 Å². The molecule has 0 aromatic rings. The van der Waals surface area contributed by atoms with E-state index in [1.165, 1.54) is 0 Å². The van der Waals surface area contributed by atoms with Crippen LogP contribution >= 0.6 is 0 Å². The molecule has 0 atom stereocenters. The Labute approximate surface area is 87.5 Å². The topological polar surface area (TPSA) is 0 Å². The van der Waals surface area contributed by atoms with Crippen LogP contribution in [0.3, 0.4) is 0 Å². The summed E-state index contributed by atoms with van der Waals surface area (Å²) in [5.74, 6) is 2.31. The molecule has 0 aliphatic heterocycles. The summed E-state index contributed by atoms with van der Waals surface area (Å²) < 4.78 is 0. The van der Waals surface area contributed by atoms with Crippen LogP contribution in [0.25, 0.3) is 0 Å². The Bertz CT molecular complexity index is 221. The summed E-state index contributed by atoms with van der Waals surface area (Å²) in [7, 11) is 0. The summed E-state index contributed by atoms with van der Waals surface area (Å²) in [5, 5.41) is 0. The Morgan fingerprint density at radius 3 is 1.14 bits per heavy atom. The van der Waals surface area contributed by atoms with Gasteiger partial charge in [-0.1, -0.05) is 0 Å². The van der Waals surface area contributed by atoms with Crippen LogP contribution < -0.4 is 0 Å². The molecule has 4 aliphatic rings. The van der Waals surface area contributed by atoms with Crippen molar-refractivity contribution in [1.29, 1.82) is 0 Å². The van der Waals surface area contributed by atoms with Gasteiger partial charge in [-0.3, -0.25) is 0 Å². The van der Waals surface area contributed by atoms with E-state index in [0.29, 0.717) is 0 Å². The van der Waals surface area contributed by atoms with E-state index in [-0.39, 0.29) is 0 Å². The van der Waals surface area contributed by atoms with Gasteiger partial charge in [-0.2, -0.15) is 0 Å². The zero-order valence-electron chi connectivity index (χ0n) is 9.23. The fourth-order valence-corrected chi connectivity index (χ4v) is 5.88. The molecule has 4 fully saturated rings. The summed E-state index contributed by atoms with van der Waals surface area (Å²) in [4.78, 5) is 0. The quantitative estimate of drug-likeness (QED) is 0.583. The zero-order valence-corrected chi connectivity index (χ0v) is 9.23. The number of hydrogen-bond donors (Lipinski definition) is 0. The van der Waals surface area contributed by atoms with Crippen molar-refractivity contribution in [2.24, 2.45) is 22.7 Å². The Balaban J connectivity index is 1.73. The van der Waals surface area contributed by atoms with Gasteiger partial charge in [0.1, 0.15) is 0 Å². The van der Waals surface area contributed by atoms with Gasteiger partial charge in [0.05, 0.1) is 0 Å². The van der Waals surface area contributed by atoms with Crippen LogP contribution in [0.1, 0.15) is 64.2 Å². The summed E-state index contributed by atoms with van der Waals surface area (Å²) in [5.41, 5.74) is 1.76. The van der Waals surface area contributed by atoms with Gasteiger partial charge in [-0.15, -0.1) is 0 Å². The second-order valence-electron chi connectivity index (χ2n) is 6.86. The minimum absolute atomic E-state index is 0.878. The molecule has 0 saturated heterocycles. The molecule has 4 bridgehead atoms. The summed E-state index contributed by atoms with van der Waals surface area (Å²) in [6.45, 7) is 0. The van der Waals surface area contributed by atoms with Crippen molar-refractivity contribution in [3.8, 4) is 0 Å². The third-order valence-electron chi connectivity index (χ3n) is 6.61. The van der Waals surface area contributed by atoms with Crippen LogP contribution in [-0.2, 0) is 0 Å². The van der Waals surface area contributed by atoms with E-state index in [9.17, 15) is 0 Å². The first-order chi connectivity index (χ1) is 6.82. The fraction of sp³-hybridized carbons (Fsp3) is 1.00. The van der Waals surface area contributed by atoms with E-state index in [2.05, 4.69) is 0 Å². The van der Waals surface area contributed by atoms with Crippen LogP contribution in [0.5, 0.6) is 0 Å². The lowest BCUT2D eigenvalue weighted by atomic mass is 9.60. The smallest absolute Gasteiger partial charge is 0.0238 e. The van der Waals surface area contributed by atoms with Gasteiger partial charge in [-0.25, -0.2) is 0 Å². The Morgan fingerprint density at radius 1 is 0.571 bits per heavy atom. The minimum atomic E-state index is 0.878. The lowest BCUT2D eigenvalue weighted by Crippen LogP contribution is -2.35. The monoisotopic (exact) mass is 190 g/mol. The SMILES string of the molecule is C1CC2(C34CCC(CC3)C4)CCC1C2. The maximum Gasteiger partial charge on any atom is -0.0238 e. The third kappa shape index (κ3) is 0.785. The van der Waals surface area contributed by atoms with Gasteiger partial charge in [0, 0.05) is 0 Å². The second-order valence-corrected chi connectivity index (χ2v) is 6.86. The molecule has 0 aromatic heterocycles. The van der Waals surface area contributed by atoms with Crippen LogP contribution in [-0.4, -0.2) is 0 Å². The highest BCUT2D eigenvalue weighted by molar-refractivity contribution is 5.11. The van der Waals surface area contributed by atoms with E-state index in [0.717, 1.165) is 22.7 Å². The van der Waals surface area contributed by atoms with Crippen molar-refractivity contribution >= 4 is 0 Å². The Hall–Kier alpha value is 0. The van der Waals surface area contributed by atoms with Crippen LogP contribution in [0.4, 0.5) is 0 Å². The molecule has 0 radical (unpaired) electrons. The van der Waals surface area contributed by atoms with Crippen molar-refractivity contribution in [1.82, 2.24) is 0 Å². The summed E-state index contributed by atoms with van der Waals surface area (Å²) in [6.07, 6.45) is 16.1. The van der Waals surface area contributed by atoms with Crippen molar-refractivity contribution in [2.75, 3.05) is 0 Å². The summed E-state index contributed by atoms with van der Waals surface area (Å²) in [6, 6.07) is 0. The summed E-state index contributed by atoms with van der Waals surface area (Å²) >= 11 is 0. The molecular formula is C14H22. The molecule has 78 valence electrons. The Morgan fingerprint density at radius 2 is 0.929 bits per heavy atom. The van der Waals surface area contributed by atoms with E-state index < -0.39 is 0 Å². The lowest BCUT2D eigenvalue weighted by Gasteiger charge is -2.45. The average Bonchev–Trinajstić information content (AvgIpc) is 2.98. The third-order valence-corrected chi connectivity index (χ3v) is 6.61. The predicted molar refractivity (Wildman–Crippen MR) is 58.0 cm³/mol. The highest BCUT2D eigenvalue weighted by Crippen LogP contribution is 2.72. The standard InChI is InChI=1S/C14H22/c1-5-13(6-2-11(1)9-13)14-7-3-12(10-14)4-8-14/h11-12H,1-10H2. The van der Waals surface area contributed by atoms with E-state index in [1.807, 2.05) is 0 Å². The Kier molecular flexibility index (Phi) is 1.40. The van der Waals surface area contributed by atoms with Crippen molar-refractivity contribution in [2.45, 2.75) is 64.2 Å². The molecule has 0 N–H and O–H groups in total. The molecule has 0 nitrogen and oxygen atoms in total. The second kappa shape index (κ2) is 2.39. The van der Waals surface area contributed by atoms with Gasteiger partial charge in [0.2, 0.25) is 0 Å². The molecular weight excluding hydrogens is 168 g/mol. The van der Waals surface area contributed by atoms with Crippen molar-refractivity contribution < 1.29 is 0 Å². The first-order valence-corrected chi connectivity index (χ1v) is 6.82. The lowest BCUT2D eigenvalue weighted by molar-refractivity contribution is 0.0499. The van der Waals surface area contributed by atoms with Gasteiger partial charge in [0.25, 0.3) is 0 Å². The first-order valence-electron chi connectivity index (χ1n) is 6.82. The molecule has 0 unspecified atom stereocenters. The molecule has 4 saturated carbocycles. The van der Waals surface area contributed by atoms with Gasteiger partial charge in [-0.05, 0) is 86.9 Å². The van der Waals surface area contributed by atoms with Gasteiger partial charge in [0.15, 0.2) is 0 Å². The zero-order chi connectivity index (χ0) is 9.23. The van der Waals surface area contributed by atoms with E-state index >= 15 is 0 Å². The van der Waals surface area contributed by atoms with Gasteiger partial charge >= 0.3 is 0 Å². The van der Waals surface area contributed by atoms with Crippen LogP contribution in [0, 0.1) is 22.7 Å². The predicted octanol–water partition coefficient (Wildman–Crippen LogP) is 4.15. The van der Waals surface area contributed by atoms with Crippen LogP contribution in [0.2, 0.25) is 0 Å². The maximum absolute atomic E-state index is 1.64.